The van der Waals surface area contributed by atoms with E-state index in [2.05, 4.69) is 6.92 Å². The molecular formula is C16H22O2. The molecule has 0 unspecified atom stereocenters. The zero-order chi connectivity index (χ0) is 13.0. The number of carbonyl (C=O) groups is 1. The number of ketones is 1. The second-order valence-electron chi connectivity index (χ2n) is 5.28. The Morgan fingerprint density at radius 1 is 1.28 bits per heavy atom. The Morgan fingerprint density at radius 3 is 2.67 bits per heavy atom. The van der Waals surface area contributed by atoms with E-state index in [-0.39, 0.29) is 5.92 Å². The van der Waals surface area contributed by atoms with E-state index >= 15 is 0 Å². The highest BCUT2D eigenvalue weighted by Gasteiger charge is 2.25. The third kappa shape index (κ3) is 3.12. The lowest BCUT2D eigenvalue weighted by atomic mass is 9.79. The van der Waals surface area contributed by atoms with Crippen LogP contribution in [0.15, 0.2) is 24.3 Å². The van der Waals surface area contributed by atoms with E-state index in [1.807, 2.05) is 31.2 Å². The summed E-state index contributed by atoms with van der Waals surface area (Å²) >= 11 is 0. The van der Waals surface area contributed by atoms with Gasteiger partial charge in [-0.1, -0.05) is 31.9 Å². The molecule has 1 aliphatic rings. The van der Waals surface area contributed by atoms with Crippen LogP contribution in [0.4, 0.5) is 0 Å². The van der Waals surface area contributed by atoms with Crippen molar-refractivity contribution >= 4 is 5.78 Å². The van der Waals surface area contributed by atoms with Crippen molar-refractivity contribution in [3.63, 3.8) is 0 Å². The third-order valence-electron chi connectivity index (χ3n) is 3.82. The maximum absolute atomic E-state index is 12.4. The Balaban J connectivity index is 2.06. The number of rotatable bonds is 4. The quantitative estimate of drug-likeness (QED) is 0.748. The Hall–Kier alpha value is -1.31. The fourth-order valence-corrected chi connectivity index (χ4v) is 2.66. The Morgan fingerprint density at radius 2 is 2.00 bits per heavy atom. The first kappa shape index (κ1) is 13.1. The van der Waals surface area contributed by atoms with Gasteiger partial charge in [0.25, 0.3) is 0 Å². The van der Waals surface area contributed by atoms with Gasteiger partial charge in [-0.25, -0.2) is 0 Å². The van der Waals surface area contributed by atoms with Crippen LogP contribution in [0, 0.1) is 11.8 Å². The summed E-state index contributed by atoms with van der Waals surface area (Å²) in [5.41, 5.74) is 0.806. The van der Waals surface area contributed by atoms with Gasteiger partial charge < -0.3 is 4.74 Å². The predicted molar refractivity (Wildman–Crippen MR) is 73.1 cm³/mol. The van der Waals surface area contributed by atoms with E-state index in [4.69, 9.17) is 4.74 Å². The van der Waals surface area contributed by atoms with Gasteiger partial charge in [-0.15, -0.1) is 0 Å². The lowest BCUT2D eigenvalue weighted by Crippen LogP contribution is -2.20. The molecule has 98 valence electrons. The van der Waals surface area contributed by atoms with E-state index in [1.165, 1.54) is 12.8 Å². The summed E-state index contributed by atoms with van der Waals surface area (Å²) in [5.74, 6) is 2.10. The third-order valence-corrected chi connectivity index (χ3v) is 3.82. The summed E-state index contributed by atoms with van der Waals surface area (Å²) in [6.07, 6.45) is 4.45. The molecular weight excluding hydrogens is 224 g/mol. The minimum absolute atomic E-state index is 0.220. The normalized spacial score (nSPS) is 23.7. The molecule has 0 saturated heterocycles. The maximum atomic E-state index is 12.4. The molecule has 1 fully saturated rings. The summed E-state index contributed by atoms with van der Waals surface area (Å²) in [7, 11) is 0. The zero-order valence-electron chi connectivity index (χ0n) is 11.3. The number of benzene rings is 1. The van der Waals surface area contributed by atoms with Crippen LogP contribution in [-0.4, -0.2) is 12.4 Å². The highest BCUT2D eigenvalue weighted by molar-refractivity contribution is 5.98. The van der Waals surface area contributed by atoms with Crippen molar-refractivity contribution in [1.29, 1.82) is 0 Å². The molecule has 0 N–H and O–H groups in total. The van der Waals surface area contributed by atoms with Crippen LogP contribution in [0.5, 0.6) is 5.75 Å². The molecule has 0 aromatic heterocycles. The van der Waals surface area contributed by atoms with E-state index < -0.39 is 0 Å². The molecule has 0 atom stereocenters. The summed E-state index contributed by atoms with van der Waals surface area (Å²) < 4.78 is 5.45. The van der Waals surface area contributed by atoms with Gasteiger partial charge in [0.15, 0.2) is 5.78 Å². The summed E-state index contributed by atoms with van der Waals surface area (Å²) in [4.78, 5) is 12.4. The summed E-state index contributed by atoms with van der Waals surface area (Å²) in [6.45, 7) is 4.87. The smallest absolute Gasteiger partial charge is 0.166 e. The van der Waals surface area contributed by atoms with Crippen molar-refractivity contribution in [2.75, 3.05) is 6.61 Å². The van der Waals surface area contributed by atoms with E-state index in [1.54, 1.807) is 0 Å². The molecule has 0 aliphatic heterocycles. The van der Waals surface area contributed by atoms with E-state index in [0.29, 0.717) is 12.4 Å². The largest absolute Gasteiger partial charge is 0.494 e. The number of carbonyl (C=O) groups excluding carboxylic acids is 1. The van der Waals surface area contributed by atoms with Crippen molar-refractivity contribution in [3.8, 4) is 5.75 Å². The second-order valence-corrected chi connectivity index (χ2v) is 5.28. The zero-order valence-corrected chi connectivity index (χ0v) is 11.3. The Kier molecular flexibility index (Phi) is 4.40. The minimum atomic E-state index is 0.220. The van der Waals surface area contributed by atoms with Crippen LogP contribution >= 0.6 is 0 Å². The van der Waals surface area contributed by atoms with Gasteiger partial charge in [0.05, 0.1) is 6.61 Å². The molecule has 0 amide bonds. The van der Waals surface area contributed by atoms with Crippen LogP contribution in [-0.2, 0) is 0 Å². The van der Waals surface area contributed by atoms with Gasteiger partial charge in [-0.2, -0.15) is 0 Å². The van der Waals surface area contributed by atoms with E-state index in [9.17, 15) is 4.79 Å². The van der Waals surface area contributed by atoms with Gasteiger partial charge in [0.1, 0.15) is 5.75 Å². The average Bonchev–Trinajstić information content (AvgIpc) is 2.39. The monoisotopic (exact) mass is 246 g/mol. The summed E-state index contributed by atoms with van der Waals surface area (Å²) in [6, 6.07) is 7.60. The molecule has 0 bridgehead atoms. The topological polar surface area (TPSA) is 26.3 Å². The number of ether oxygens (including phenoxy) is 1. The standard InChI is InChI=1S/C16H22O2/c1-3-18-15-6-4-5-14(11-15)16(17)13-9-7-12(2)8-10-13/h4-6,11-13H,3,7-10H2,1-2H3. The number of hydrogen-bond donors (Lipinski definition) is 0. The molecule has 2 heteroatoms. The molecule has 0 radical (unpaired) electrons. The van der Waals surface area contributed by atoms with E-state index in [0.717, 1.165) is 30.1 Å². The first-order chi connectivity index (χ1) is 8.70. The second kappa shape index (κ2) is 6.03. The van der Waals surface area contributed by atoms with Gasteiger partial charge in [0, 0.05) is 11.5 Å². The highest BCUT2D eigenvalue weighted by Crippen LogP contribution is 2.31. The first-order valence-electron chi connectivity index (χ1n) is 6.97. The predicted octanol–water partition coefficient (Wildman–Crippen LogP) is 4.09. The molecule has 1 aromatic carbocycles. The number of hydrogen-bond acceptors (Lipinski definition) is 2. The molecule has 1 aliphatic carbocycles. The summed E-state index contributed by atoms with van der Waals surface area (Å²) in [5, 5.41) is 0. The molecule has 0 heterocycles. The molecule has 1 aromatic rings. The number of Topliss-reactive ketones (excluding diaryl/α,β-unsaturated/α-hetero) is 1. The van der Waals surface area contributed by atoms with Crippen LogP contribution in [0.1, 0.15) is 49.9 Å². The van der Waals surface area contributed by atoms with Crippen LogP contribution in [0.3, 0.4) is 0 Å². The maximum Gasteiger partial charge on any atom is 0.166 e. The van der Waals surface area contributed by atoms with Crippen molar-refractivity contribution in [2.45, 2.75) is 39.5 Å². The fraction of sp³-hybridized carbons (Fsp3) is 0.562. The van der Waals surface area contributed by atoms with Crippen LogP contribution < -0.4 is 4.74 Å². The highest BCUT2D eigenvalue weighted by atomic mass is 16.5. The Labute approximate surface area is 109 Å². The lowest BCUT2D eigenvalue weighted by molar-refractivity contribution is 0.0875. The molecule has 2 nitrogen and oxygen atoms in total. The molecule has 0 spiro atoms. The minimum Gasteiger partial charge on any atom is -0.494 e. The van der Waals surface area contributed by atoms with Gasteiger partial charge >= 0.3 is 0 Å². The van der Waals surface area contributed by atoms with Crippen molar-refractivity contribution in [1.82, 2.24) is 0 Å². The van der Waals surface area contributed by atoms with Gasteiger partial charge in [0.2, 0.25) is 0 Å². The lowest BCUT2D eigenvalue weighted by Gasteiger charge is -2.25. The van der Waals surface area contributed by atoms with Crippen LogP contribution in [0.2, 0.25) is 0 Å². The first-order valence-corrected chi connectivity index (χ1v) is 6.97. The molecule has 18 heavy (non-hydrogen) atoms. The van der Waals surface area contributed by atoms with Crippen LogP contribution in [0.25, 0.3) is 0 Å². The SMILES string of the molecule is CCOc1cccc(C(=O)C2CCC(C)CC2)c1. The van der Waals surface area contributed by atoms with Crippen molar-refractivity contribution < 1.29 is 9.53 Å². The molecule has 1 saturated carbocycles. The fourth-order valence-electron chi connectivity index (χ4n) is 2.66. The van der Waals surface area contributed by atoms with Gasteiger partial charge in [-0.3, -0.25) is 4.79 Å². The average molecular weight is 246 g/mol. The molecule has 2 rings (SSSR count). The Bertz CT molecular complexity index is 403. The van der Waals surface area contributed by atoms with Gasteiger partial charge in [-0.05, 0) is 37.8 Å². The van der Waals surface area contributed by atoms with Crippen molar-refractivity contribution in [3.05, 3.63) is 29.8 Å². The van der Waals surface area contributed by atoms with Crippen molar-refractivity contribution in [2.24, 2.45) is 11.8 Å².